The van der Waals surface area contributed by atoms with Crippen LogP contribution in [-0.4, -0.2) is 21.8 Å². The van der Waals surface area contributed by atoms with E-state index in [1.165, 1.54) is 27.6 Å². The van der Waals surface area contributed by atoms with Crippen LogP contribution < -0.4 is 4.90 Å². The van der Waals surface area contributed by atoms with E-state index < -0.39 is 17.7 Å². The van der Waals surface area contributed by atoms with Crippen LogP contribution in [0.15, 0.2) is 71.3 Å². The highest BCUT2D eigenvalue weighted by atomic mass is 35.5. The Labute approximate surface area is 190 Å². The number of thiazole rings is 1. The first kappa shape index (κ1) is 19.9. The number of fused-ring (bicyclic) bond motifs is 1. The van der Waals surface area contributed by atoms with Crippen molar-refractivity contribution in [3.05, 3.63) is 92.3 Å². The molecule has 2 aromatic heterocycles. The number of aryl methyl sites for hydroxylation is 1. The highest BCUT2D eigenvalue weighted by Crippen LogP contribution is 2.44. The van der Waals surface area contributed by atoms with Gasteiger partial charge in [0.2, 0.25) is 5.78 Å². The van der Waals surface area contributed by atoms with Crippen LogP contribution in [0.25, 0.3) is 10.2 Å². The highest BCUT2D eigenvalue weighted by Gasteiger charge is 2.46. The van der Waals surface area contributed by atoms with Gasteiger partial charge in [-0.25, -0.2) is 4.98 Å². The average Bonchev–Trinajstić information content (AvgIpc) is 3.46. The smallest absolute Gasteiger partial charge is 0.296 e. The standard InChI is InChI=1S/C23H15ClN2O3S2/c1-12-7-8-15-17(10-12)31-23(25-15)26-19(13-4-2-5-14(24)11-13)18(21(28)22(26)29)20(27)16-6-3-9-30-16/h2-11,19,28H,1H3/t19-/m1/s1. The predicted molar refractivity (Wildman–Crippen MR) is 124 cm³/mol. The molecule has 0 saturated carbocycles. The number of hydrogen-bond donors (Lipinski definition) is 1. The quantitative estimate of drug-likeness (QED) is 0.369. The van der Waals surface area contributed by atoms with Crippen LogP contribution in [0.1, 0.15) is 26.8 Å². The van der Waals surface area contributed by atoms with Crippen LogP contribution in [0.3, 0.4) is 0 Å². The molecule has 5 rings (SSSR count). The third-order valence-electron chi connectivity index (χ3n) is 5.10. The first-order valence-electron chi connectivity index (χ1n) is 9.41. The summed E-state index contributed by atoms with van der Waals surface area (Å²) in [4.78, 5) is 33.0. The molecule has 5 nitrogen and oxygen atoms in total. The van der Waals surface area contributed by atoms with Gasteiger partial charge >= 0.3 is 0 Å². The van der Waals surface area contributed by atoms with Gasteiger partial charge in [-0.1, -0.05) is 47.2 Å². The topological polar surface area (TPSA) is 70.5 Å². The Kier molecular flexibility index (Phi) is 4.89. The minimum absolute atomic E-state index is 0.0325. The summed E-state index contributed by atoms with van der Waals surface area (Å²) in [5.41, 5.74) is 2.49. The van der Waals surface area contributed by atoms with Gasteiger partial charge in [-0.05, 0) is 53.8 Å². The Bertz CT molecular complexity index is 1370. The second-order valence-electron chi connectivity index (χ2n) is 7.17. The second-order valence-corrected chi connectivity index (χ2v) is 9.56. The molecule has 1 N–H and O–H groups in total. The summed E-state index contributed by atoms with van der Waals surface area (Å²) in [6.07, 6.45) is 0. The van der Waals surface area contributed by atoms with Crippen LogP contribution in [0.4, 0.5) is 5.13 Å². The number of thiophene rings is 1. The van der Waals surface area contributed by atoms with Crippen molar-refractivity contribution >= 4 is 61.3 Å². The summed E-state index contributed by atoms with van der Waals surface area (Å²) in [5, 5.41) is 13.5. The lowest BCUT2D eigenvalue weighted by Gasteiger charge is -2.24. The van der Waals surface area contributed by atoms with Crippen molar-refractivity contribution in [3.8, 4) is 0 Å². The minimum Gasteiger partial charge on any atom is -0.503 e. The summed E-state index contributed by atoms with van der Waals surface area (Å²) < 4.78 is 0.921. The number of benzene rings is 2. The molecule has 0 saturated heterocycles. The second kappa shape index (κ2) is 7.60. The average molecular weight is 467 g/mol. The summed E-state index contributed by atoms with van der Waals surface area (Å²) in [6.45, 7) is 1.99. The zero-order valence-corrected chi connectivity index (χ0v) is 18.6. The zero-order valence-electron chi connectivity index (χ0n) is 16.2. The molecule has 154 valence electrons. The van der Waals surface area contributed by atoms with E-state index in [0.717, 1.165) is 15.8 Å². The Balaban J connectivity index is 1.70. The van der Waals surface area contributed by atoms with E-state index in [4.69, 9.17) is 11.6 Å². The van der Waals surface area contributed by atoms with Crippen molar-refractivity contribution < 1.29 is 14.7 Å². The molecule has 31 heavy (non-hydrogen) atoms. The summed E-state index contributed by atoms with van der Waals surface area (Å²) in [6, 6.07) is 15.4. The highest BCUT2D eigenvalue weighted by molar-refractivity contribution is 7.22. The van der Waals surface area contributed by atoms with Crippen molar-refractivity contribution in [2.75, 3.05) is 4.90 Å². The van der Waals surface area contributed by atoms with Crippen molar-refractivity contribution in [1.82, 2.24) is 4.98 Å². The molecule has 4 aromatic rings. The van der Waals surface area contributed by atoms with Gasteiger partial charge in [0.05, 0.1) is 26.7 Å². The van der Waals surface area contributed by atoms with E-state index in [1.54, 1.807) is 41.8 Å². The fourth-order valence-electron chi connectivity index (χ4n) is 3.69. The van der Waals surface area contributed by atoms with Gasteiger partial charge < -0.3 is 5.11 Å². The van der Waals surface area contributed by atoms with Crippen LogP contribution in [0.5, 0.6) is 0 Å². The first-order chi connectivity index (χ1) is 14.9. The maximum absolute atomic E-state index is 13.3. The Hall–Kier alpha value is -3.00. The van der Waals surface area contributed by atoms with Crippen molar-refractivity contribution in [3.63, 3.8) is 0 Å². The number of ketones is 1. The van der Waals surface area contributed by atoms with Gasteiger partial charge in [-0.3, -0.25) is 14.5 Å². The number of rotatable bonds is 4. The maximum Gasteiger partial charge on any atom is 0.296 e. The minimum atomic E-state index is -0.831. The molecule has 3 heterocycles. The lowest BCUT2D eigenvalue weighted by molar-refractivity contribution is -0.117. The predicted octanol–water partition coefficient (Wildman–Crippen LogP) is 6.10. The van der Waals surface area contributed by atoms with Crippen molar-refractivity contribution in [1.29, 1.82) is 0 Å². The van der Waals surface area contributed by atoms with E-state index in [-0.39, 0.29) is 11.4 Å². The molecule has 1 atom stereocenters. The molecule has 1 aliphatic heterocycles. The van der Waals surface area contributed by atoms with Crippen LogP contribution in [0.2, 0.25) is 5.02 Å². The number of aromatic nitrogens is 1. The van der Waals surface area contributed by atoms with Gasteiger partial charge in [-0.15, -0.1) is 11.3 Å². The molecular formula is C23H15ClN2O3S2. The number of nitrogens with zero attached hydrogens (tertiary/aromatic N) is 2. The van der Waals surface area contributed by atoms with E-state index in [1.807, 2.05) is 25.1 Å². The maximum atomic E-state index is 13.3. The summed E-state index contributed by atoms with van der Waals surface area (Å²) in [7, 11) is 0. The molecule has 8 heteroatoms. The number of amides is 1. The van der Waals surface area contributed by atoms with E-state index in [9.17, 15) is 14.7 Å². The molecule has 1 aliphatic rings. The Morgan fingerprint density at radius 2 is 2.00 bits per heavy atom. The van der Waals surface area contributed by atoms with Crippen LogP contribution in [0, 0.1) is 6.92 Å². The van der Waals surface area contributed by atoms with Gasteiger partial charge in [0.15, 0.2) is 10.9 Å². The molecule has 1 amide bonds. The van der Waals surface area contributed by atoms with Crippen LogP contribution in [-0.2, 0) is 4.79 Å². The third-order valence-corrected chi connectivity index (χ3v) is 7.22. The number of anilines is 1. The first-order valence-corrected chi connectivity index (χ1v) is 11.5. The molecule has 0 radical (unpaired) electrons. The normalized spacial score (nSPS) is 16.5. The number of Topliss-reactive ketones (excluding diaryl/α,β-unsaturated/α-hetero) is 1. The van der Waals surface area contributed by atoms with E-state index in [2.05, 4.69) is 4.98 Å². The fourth-order valence-corrected chi connectivity index (χ4v) is 5.66. The van der Waals surface area contributed by atoms with Crippen molar-refractivity contribution in [2.45, 2.75) is 13.0 Å². The molecule has 0 spiro atoms. The number of aliphatic hydroxyl groups is 1. The Morgan fingerprint density at radius 3 is 2.74 bits per heavy atom. The van der Waals surface area contributed by atoms with Gasteiger partial charge in [0.25, 0.3) is 5.91 Å². The molecule has 0 bridgehead atoms. The SMILES string of the molecule is Cc1ccc2nc(N3C(=O)C(O)=C(C(=O)c4cccs4)[C@H]3c3cccc(Cl)c3)sc2c1. The van der Waals surface area contributed by atoms with E-state index >= 15 is 0 Å². The number of carbonyl (C=O) groups excluding carboxylic acids is 2. The van der Waals surface area contributed by atoms with Gasteiger partial charge in [0, 0.05) is 5.02 Å². The number of halogens is 1. The fraction of sp³-hybridized carbons (Fsp3) is 0.0870. The van der Waals surface area contributed by atoms with Crippen LogP contribution >= 0.6 is 34.3 Å². The van der Waals surface area contributed by atoms with E-state index in [0.29, 0.717) is 20.6 Å². The summed E-state index contributed by atoms with van der Waals surface area (Å²) >= 11 is 8.82. The molecule has 0 fully saturated rings. The van der Waals surface area contributed by atoms with Crippen molar-refractivity contribution in [2.24, 2.45) is 0 Å². The number of aliphatic hydroxyl groups excluding tert-OH is 1. The molecule has 0 aliphatic carbocycles. The van der Waals surface area contributed by atoms with Gasteiger partial charge in [0.1, 0.15) is 0 Å². The third kappa shape index (κ3) is 3.35. The molecule has 0 unspecified atom stereocenters. The summed E-state index contributed by atoms with van der Waals surface area (Å²) in [5.74, 6) is -1.59. The number of hydrogen-bond acceptors (Lipinski definition) is 6. The lowest BCUT2D eigenvalue weighted by Crippen LogP contribution is -2.30. The zero-order chi connectivity index (χ0) is 21.7. The number of carbonyl (C=O) groups is 2. The monoisotopic (exact) mass is 466 g/mol. The van der Waals surface area contributed by atoms with Gasteiger partial charge in [-0.2, -0.15) is 0 Å². The molecule has 2 aromatic carbocycles. The molecular weight excluding hydrogens is 452 g/mol. The lowest BCUT2D eigenvalue weighted by atomic mass is 9.95. The Morgan fingerprint density at radius 1 is 1.16 bits per heavy atom. The largest absolute Gasteiger partial charge is 0.503 e.